The van der Waals surface area contributed by atoms with Gasteiger partial charge in [-0.15, -0.1) is 0 Å². The highest BCUT2D eigenvalue weighted by atomic mass is 29.3. The molecule has 0 amide bonds. The van der Waals surface area contributed by atoms with E-state index in [2.05, 4.69) is 141 Å². The molecule has 0 aliphatic carbocycles. The van der Waals surface area contributed by atoms with Gasteiger partial charge in [-0.25, -0.2) is 0 Å². The lowest BCUT2D eigenvalue weighted by atomic mass is 10.0. The first-order chi connectivity index (χ1) is 14.5. The van der Waals surface area contributed by atoms with Crippen LogP contribution in [0.1, 0.15) is 16.7 Å². The molecule has 4 aromatic rings. The van der Waals surface area contributed by atoms with Crippen LogP contribution in [0.4, 0.5) is 0 Å². The third kappa shape index (κ3) is 3.62. The minimum absolute atomic E-state index is 0.372. The molecule has 0 unspecified atom stereocenters. The van der Waals surface area contributed by atoms with Crippen LogP contribution < -0.4 is 10.4 Å². The number of rotatable bonds is 6. The van der Waals surface area contributed by atoms with E-state index in [9.17, 15) is 0 Å². The van der Waals surface area contributed by atoms with E-state index in [4.69, 9.17) is 0 Å². The van der Waals surface area contributed by atoms with Crippen LogP contribution in [0, 0.1) is 0 Å². The Kier molecular flexibility index (Phi) is 5.89. The molecular formula is C28H30Si2. The van der Waals surface area contributed by atoms with E-state index in [0.29, 0.717) is 5.54 Å². The summed E-state index contributed by atoms with van der Waals surface area (Å²) in [5, 5.41) is 3.10. The number of hydrogen-bond acceptors (Lipinski definition) is 0. The Hall–Kier alpha value is -2.69. The first-order valence-electron chi connectivity index (χ1n) is 10.8. The molecule has 0 bridgehead atoms. The molecule has 2 heteroatoms. The van der Waals surface area contributed by atoms with Crippen molar-refractivity contribution in [3.63, 3.8) is 0 Å². The molecule has 150 valence electrons. The molecule has 0 saturated carbocycles. The van der Waals surface area contributed by atoms with Gasteiger partial charge in [0, 0.05) is 5.54 Å². The van der Waals surface area contributed by atoms with Crippen LogP contribution in [-0.2, 0) is 0 Å². The van der Waals surface area contributed by atoms with Crippen LogP contribution in [0.15, 0.2) is 121 Å². The van der Waals surface area contributed by atoms with Gasteiger partial charge in [0.15, 0.2) is 0 Å². The van der Waals surface area contributed by atoms with Gasteiger partial charge in [-0.05, 0) is 11.1 Å². The molecule has 30 heavy (non-hydrogen) atoms. The second kappa shape index (κ2) is 8.59. The van der Waals surface area contributed by atoms with E-state index in [1.165, 1.54) is 11.1 Å². The number of benzene rings is 4. The molecular weight excluding hydrogens is 392 g/mol. The highest BCUT2D eigenvalue weighted by molar-refractivity contribution is 7.51. The Bertz CT molecular complexity index is 974. The van der Waals surface area contributed by atoms with Crippen LogP contribution in [0.5, 0.6) is 0 Å². The third-order valence-corrected chi connectivity index (χ3v) is 22.4. The normalized spacial score (nSPS) is 12.1. The maximum Gasteiger partial charge on any atom is 0.121 e. The van der Waals surface area contributed by atoms with Gasteiger partial charge in [-0.3, -0.25) is 0 Å². The molecule has 0 radical (unpaired) electrons. The average Bonchev–Trinajstić information content (AvgIpc) is 2.79. The predicted octanol–water partition coefficient (Wildman–Crippen LogP) is 6.04. The van der Waals surface area contributed by atoms with E-state index in [1.807, 2.05) is 0 Å². The van der Waals surface area contributed by atoms with Crippen molar-refractivity contribution in [2.24, 2.45) is 0 Å². The molecule has 0 saturated heterocycles. The summed E-state index contributed by atoms with van der Waals surface area (Å²) >= 11 is 0. The lowest BCUT2D eigenvalue weighted by Gasteiger charge is -2.49. The maximum atomic E-state index is 2.58. The molecule has 0 aliphatic heterocycles. The Labute approximate surface area is 183 Å². The Morgan fingerprint density at radius 3 is 1.03 bits per heavy atom. The predicted molar refractivity (Wildman–Crippen MR) is 136 cm³/mol. The molecule has 0 fully saturated rings. The van der Waals surface area contributed by atoms with Crippen molar-refractivity contribution in [2.45, 2.75) is 25.2 Å². The van der Waals surface area contributed by atoms with Crippen LogP contribution in [0.25, 0.3) is 0 Å². The van der Waals surface area contributed by atoms with Gasteiger partial charge < -0.3 is 0 Å². The summed E-state index contributed by atoms with van der Waals surface area (Å²) < 4.78 is 0. The average molecular weight is 423 g/mol. The van der Waals surface area contributed by atoms with Crippen molar-refractivity contribution in [3.05, 3.63) is 132 Å². The van der Waals surface area contributed by atoms with Gasteiger partial charge in [0.1, 0.15) is 7.59 Å². The monoisotopic (exact) mass is 422 g/mol. The quantitative estimate of drug-likeness (QED) is 0.332. The Morgan fingerprint density at radius 1 is 0.433 bits per heavy atom. The fraction of sp³-hybridized carbons (Fsp3) is 0.143. The largest absolute Gasteiger partial charge is 0.121 e. The van der Waals surface area contributed by atoms with E-state index >= 15 is 0 Å². The minimum atomic E-state index is -2.22. The zero-order valence-electron chi connectivity index (χ0n) is 18.1. The second-order valence-corrected chi connectivity index (χ2v) is 23.8. The molecule has 4 rings (SSSR count). The van der Waals surface area contributed by atoms with Crippen molar-refractivity contribution in [2.75, 3.05) is 0 Å². The van der Waals surface area contributed by atoms with Gasteiger partial charge in [-0.2, -0.15) is 0 Å². The fourth-order valence-corrected chi connectivity index (χ4v) is 21.4. The molecule has 4 aromatic carbocycles. The zero-order chi connectivity index (χ0) is 21.0. The lowest BCUT2D eigenvalue weighted by molar-refractivity contribution is 1.10. The third-order valence-electron chi connectivity index (χ3n) is 6.34. The SMILES string of the molecule is C[Si](C)(C)[Si](c1ccccc1)(c1ccccc1)C(c1ccccc1)c1ccccc1. The lowest BCUT2D eigenvalue weighted by Crippen LogP contribution is -2.76. The second-order valence-electron chi connectivity index (χ2n) is 9.04. The van der Waals surface area contributed by atoms with Gasteiger partial charge in [0.2, 0.25) is 0 Å². The highest BCUT2D eigenvalue weighted by Gasteiger charge is 2.54. The summed E-state index contributed by atoms with van der Waals surface area (Å²) in [7, 11) is -3.93. The highest BCUT2D eigenvalue weighted by Crippen LogP contribution is 2.39. The fourth-order valence-electron chi connectivity index (χ4n) is 5.18. The topological polar surface area (TPSA) is 0 Å². The molecule has 0 atom stereocenters. The van der Waals surface area contributed by atoms with Crippen LogP contribution >= 0.6 is 0 Å². The standard InChI is InChI=1S/C28H30Si2/c1-29(2,3)30(26-20-12-6-13-21-26,27-22-14-7-15-23-27)28(24-16-8-4-9-17-24)25-18-10-5-11-19-25/h4-23,28H,1-3H3. The minimum Gasteiger partial charge on any atom is -0.0708 e. The van der Waals surface area contributed by atoms with E-state index in [-0.39, 0.29) is 0 Å². The van der Waals surface area contributed by atoms with Crippen molar-refractivity contribution in [1.29, 1.82) is 0 Å². The summed E-state index contributed by atoms with van der Waals surface area (Å²) in [5.74, 6) is 0. The first-order valence-corrected chi connectivity index (χ1v) is 17.3. The molecule has 0 spiro atoms. The molecule has 0 heterocycles. The van der Waals surface area contributed by atoms with Gasteiger partial charge in [0.25, 0.3) is 0 Å². The van der Waals surface area contributed by atoms with Crippen molar-refractivity contribution >= 4 is 25.6 Å². The summed E-state index contributed by atoms with van der Waals surface area (Å²) in [5.41, 5.74) is 3.24. The first kappa shape index (κ1) is 20.6. The molecule has 0 nitrogen and oxygen atoms in total. The van der Waals surface area contributed by atoms with Gasteiger partial charge in [0.05, 0.1) is 7.59 Å². The maximum absolute atomic E-state index is 2.58. The van der Waals surface area contributed by atoms with Gasteiger partial charge >= 0.3 is 0 Å². The Balaban J connectivity index is 2.15. The van der Waals surface area contributed by atoms with Crippen LogP contribution in [-0.4, -0.2) is 15.2 Å². The van der Waals surface area contributed by atoms with E-state index in [1.54, 1.807) is 10.4 Å². The van der Waals surface area contributed by atoms with Crippen LogP contribution in [0.3, 0.4) is 0 Å². The van der Waals surface area contributed by atoms with Gasteiger partial charge in [-0.1, -0.05) is 151 Å². The van der Waals surface area contributed by atoms with Crippen molar-refractivity contribution in [1.82, 2.24) is 0 Å². The van der Waals surface area contributed by atoms with Crippen molar-refractivity contribution in [3.8, 4) is 0 Å². The summed E-state index contributed by atoms with van der Waals surface area (Å²) in [6.45, 7) is 7.74. The van der Waals surface area contributed by atoms with Crippen molar-refractivity contribution < 1.29 is 0 Å². The summed E-state index contributed by atoms with van der Waals surface area (Å²) in [4.78, 5) is 0. The van der Waals surface area contributed by atoms with E-state index < -0.39 is 15.2 Å². The molecule has 0 aromatic heterocycles. The molecule has 0 aliphatic rings. The zero-order valence-corrected chi connectivity index (χ0v) is 20.1. The van der Waals surface area contributed by atoms with E-state index in [0.717, 1.165) is 0 Å². The van der Waals surface area contributed by atoms with Crippen LogP contribution in [0.2, 0.25) is 19.6 Å². The number of hydrogen-bond donors (Lipinski definition) is 0. The Morgan fingerprint density at radius 2 is 0.733 bits per heavy atom. The smallest absolute Gasteiger partial charge is 0.0708 e. The summed E-state index contributed by atoms with van der Waals surface area (Å²) in [6.07, 6.45) is 0. The molecule has 0 N–H and O–H groups in total. The summed E-state index contributed by atoms with van der Waals surface area (Å²) in [6, 6.07) is 45.2.